The number of carbonyl (C=O) groups is 1. The number of ether oxygens (including phenoxy) is 2. The van der Waals surface area contributed by atoms with Crippen LogP contribution in [0.25, 0.3) is 0 Å². The molecule has 5 nitrogen and oxygen atoms in total. The highest BCUT2D eigenvalue weighted by Crippen LogP contribution is 2.29. The Labute approximate surface area is 213 Å². The van der Waals surface area contributed by atoms with Crippen molar-refractivity contribution in [1.29, 1.82) is 0 Å². The van der Waals surface area contributed by atoms with Gasteiger partial charge >= 0.3 is 0 Å². The van der Waals surface area contributed by atoms with Crippen molar-refractivity contribution >= 4 is 68.9 Å². The van der Waals surface area contributed by atoms with Crippen molar-refractivity contribution in [2.75, 3.05) is 6.61 Å². The third-order valence-corrected chi connectivity index (χ3v) is 5.97. The second-order valence-electron chi connectivity index (χ2n) is 6.62. The molecular weight excluding hydrogens is 642 g/mol. The highest BCUT2D eigenvalue weighted by Gasteiger charge is 2.09. The predicted octanol–water partition coefficient (Wildman–Crippen LogP) is 5.97. The Morgan fingerprint density at radius 1 is 1.03 bits per heavy atom. The Hall–Kier alpha value is -1.85. The largest absolute Gasteiger partial charge is 0.487 e. The number of halogens is 3. The first kappa shape index (κ1) is 23.8. The zero-order valence-corrected chi connectivity index (χ0v) is 21.6. The molecule has 3 aromatic carbocycles. The van der Waals surface area contributed by atoms with Gasteiger partial charge in [-0.1, -0.05) is 41.4 Å². The highest BCUT2D eigenvalue weighted by atomic mass is 127. The van der Waals surface area contributed by atoms with E-state index in [1.54, 1.807) is 30.5 Å². The number of nitrogens with zero attached hydrogens (tertiary/aromatic N) is 1. The summed E-state index contributed by atoms with van der Waals surface area (Å²) in [6, 6.07) is 19.0. The number of hydrazone groups is 1. The zero-order valence-electron chi connectivity index (χ0n) is 16.6. The average molecular weight is 661 g/mol. The molecule has 0 aliphatic carbocycles. The molecule has 0 unspecified atom stereocenters. The molecule has 3 aromatic rings. The Balaban J connectivity index is 1.52. The summed E-state index contributed by atoms with van der Waals surface area (Å²) in [7, 11) is 0. The zero-order chi connectivity index (χ0) is 22.2. The number of amides is 1. The molecule has 160 valence electrons. The molecule has 1 N–H and O–H groups in total. The van der Waals surface area contributed by atoms with Gasteiger partial charge in [-0.15, -0.1) is 0 Å². The van der Waals surface area contributed by atoms with Crippen molar-refractivity contribution in [2.24, 2.45) is 5.10 Å². The van der Waals surface area contributed by atoms with Crippen molar-refractivity contribution in [3.05, 3.63) is 89.5 Å². The van der Waals surface area contributed by atoms with Crippen LogP contribution >= 0.6 is 56.8 Å². The first-order valence-corrected chi connectivity index (χ1v) is 11.8. The second-order valence-corrected chi connectivity index (χ2v) is 9.38. The van der Waals surface area contributed by atoms with E-state index in [0.717, 1.165) is 24.0 Å². The van der Waals surface area contributed by atoms with Gasteiger partial charge in [0.05, 0.1) is 13.4 Å². The molecule has 0 radical (unpaired) electrons. The van der Waals surface area contributed by atoms with Crippen molar-refractivity contribution in [3.63, 3.8) is 0 Å². The number of hydrogen-bond donors (Lipinski definition) is 1. The third-order valence-electron chi connectivity index (χ3n) is 4.11. The smallest absolute Gasteiger partial charge is 0.277 e. The van der Waals surface area contributed by atoms with Crippen molar-refractivity contribution < 1.29 is 14.3 Å². The summed E-state index contributed by atoms with van der Waals surface area (Å²) >= 11 is 10.3. The van der Waals surface area contributed by atoms with Crippen LogP contribution < -0.4 is 14.9 Å². The first-order chi connectivity index (χ1) is 14.9. The standard InChI is InChI=1S/C23H19ClI2N2O3/c1-15-2-4-16(5-3-15)13-31-23-20(25)10-17(11-21(23)26)12-27-28-22(29)14-30-19-8-6-18(24)7-9-19/h2-12H,13-14H2,1H3,(H,28,29)/b27-12-. The van der Waals surface area contributed by atoms with E-state index in [-0.39, 0.29) is 12.5 Å². The van der Waals surface area contributed by atoms with Gasteiger partial charge in [-0.3, -0.25) is 4.79 Å². The van der Waals surface area contributed by atoms with Gasteiger partial charge in [-0.25, -0.2) is 5.43 Å². The van der Waals surface area contributed by atoms with Crippen LogP contribution in [0.2, 0.25) is 5.02 Å². The molecule has 0 heterocycles. The van der Waals surface area contributed by atoms with Crippen molar-refractivity contribution in [3.8, 4) is 11.5 Å². The summed E-state index contributed by atoms with van der Waals surface area (Å²) in [6.45, 7) is 2.43. The average Bonchev–Trinajstić information content (AvgIpc) is 2.74. The fraction of sp³-hybridized carbons (Fsp3) is 0.130. The van der Waals surface area contributed by atoms with E-state index in [9.17, 15) is 4.79 Å². The molecule has 0 saturated carbocycles. The topological polar surface area (TPSA) is 59.9 Å². The molecule has 0 spiro atoms. The van der Waals surface area contributed by atoms with Crippen LogP contribution in [0.5, 0.6) is 11.5 Å². The van der Waals surface area contributed by atoms with E-state index in [2.05, 4.69) is 86.9 Å². The van der Waals surface area contributed by atoms with Gasteiger partial charge in [0.2, 0.25) is 0 Å². The predicted molar refractivity (Wildman–Crippen MR) is 140 cm³/mol. The molecule has 0 aliphatic heterocycles. The van der Waals surface area contributed by atoms with E-state index in [1.807, 2.05) is 12.1 Å². The van der Waals surface area contributed by atoms with Gasteiger partial charge in [0.1, 0.15) is 18.1 Å². The van der Waals surface area contributed by atoms with Crippen molar-refractivity contribution in [2.45, 2.75) is 13.5 Å². The number of aryl methyl sites for hydroxylation is 1. The van der Waals surface area contributed by atoms with Gasteiger partial charge in [0.25, 0.3) is 5.91 Å². The maximum atomic E-state index is 11.9. The Morgan fingerprint density at radius 3 is 2.32 bits per heavy atom. The molecule has 0 aromatic heterocycles. The number of hydrogen-bond acceptors (Lipinski definition) is 4. The minimum atomic E-state index is -0.353. The summed E-state index contributed by atoms with van der Waals surface area (Å²) in [5, 5.41) is 4.62. The van der Waals surface area contributed by atoms with E-state index < -0.39 is 0 Å². The fourth-order valence-electron chi connectivity index (χ4n) is 2.52. The quantitative estimate of drug-likeness (QED) is 0.184. The van der Waals surface area contributed by atoms with Crippen LogP contribution in [0.1, 0.15) is 16.7 Å². The Bertz CT molecular complexity index is 1050. The van der Waals surface area contributed by atoms with Gasteiger partial charge in [0.15, 0.2) is 6.61 Å². The molecule has 1 amide bonds. The van der Waals surface area contributed by atoms with Gasteiger partial charge < -0.3 is 9.47 Å². The lowest BCUT2D eigenvalue weighted by atomic mass is 10.2. The molecule has 0 aliphatic rings. The summed E-state index contributed by atoms with van der Waals surface area (Å²) in [6.07, 6.45) is 1.59. The fourth-order valence-corrected chi connectivity index (χ4v) is 4.78. The van der Waals surface area contributed by atoms with Crippen LogP contribution in [0.3, 0.4) is 0 Å². The van der Waals surface area contributed by atoms with Crippen LogP contribution in [0.15, 0.2) is 65.8 Å². The summed E-state index contributed by atoms with van der Waals surface area (Å²) in [4.78, 5) is 11.9. The minimum Gasteiger partial charge on any atom is -0.487 e. The lowest BCUT2D eigenvalue weighted by molar-refractivity contribution is -0.123. The summed E-state index contributed by atoms with van der Waals surface area (Å²) in [5.74, 6) is 1.04. The maximum absolute atomic E-state index is 11.9. The van der Waals surface area contributed by atoms with E-state index in [4.69, 9.17) is 21.1 Å². The number of benzene rings is 3. The third kappa shape index (κ3) is 7.65. The molecular formula is C23H19ClI2N2O3. The van der Waals surface area contributed by atoms with E-state index in [1.165, 1.54) is 5.56 Å². The number of carbonyl (C=O) groups excluding carboxylic acids is 1. The van der Waals surface area contributed by atoms with Crippen LogP contribution in [-0.4, -0.2) is 18.7 Å². The number of rotatable bonds is 8. The van der Waals surface area contributed by atoms with Gasteiger partial charge in [-0.2, -0.15) is 5.10 Å². The molecule has 3 rings (SSSR count). The molecule has 8 heteroatoms. The Morgan fingerprint density at radius 2 is 1.68 bits per heavy atom. The van der Waals surface area contributed by atoms with E-state index in [0.29, 0.717) is 17.4 Å². The first-order valence-electron chi connectivity index (χ1n) is 9.28. The molecule has 0 fully saturated rings. The minimum absolute atomic E-state index is 0.139. The SMILES string of the molecule is Cc1ccc(COc2c(I)cc(/C=N\NC(=O)COc3ccc(Cl)cc3)cc2I)cc1. The van der Waals surface area contributed by atoms with Crippen LogP contribution in [-0.2, 0) is 11.4 Å². The van der Waals surface area contributed by atoms with Gasteiger partial charge in [0, 0.05) is 5.02 Å². The summed E-state index contributed by atoms with van der Waals surface area (Å²) < 4.78 is 13.3. The lowest BCUT2D eigenvalue weighted by Crippen LogP contribution is -2.24. The number of nitrogens with one attached hydrogen (secondary N) is 1. The molecule has 0 atom stereocenters. The summed E-state index contributed by atoms with van der Waals surface area (Å²) in [5.41, 5.74) is 5.66. The van der Waals surface area contributed by atoms with Crippen LogP contribution in [0, 0.1) is 14.1 Å². The lowest BCUT2D eigenvalue weighted by Gasteiger charge is -2.11. The molecule has 0 bridgehead atoms. The monoisotopic (exact) mass is 660 g/mol. The molecule has 0 saturated heterocycles. The van der Waals surface area contributed by atoms with Crippen molar-refractivity contribution in [1.82, 2.24) is 5.43 Å². The van der Waals surface area contributed by atoms with E-state index >= 15 is 0 Å². The molecule has 31 heavy (non-hydrogen) atoms. The Kier molecular flexibility index (Phi) is 8.97. The van der Waals surface area contributed by atoms with Gasteiger partial charge in [-0.05, 0) is 99.6 Å². The highest BCUT2D eigenvalue weighted by molar-refractivity contribution is 14.1. The maximum Gasteiger partial charge on any atom is 0.277 e. The normalized spacial score (nSPS) is 10.8. The van der Waals surface area contributed by atoms with Crippen LogP contribution in [0.4, 0.5) is 0 Å². The second kappa shape index (κ2) is 11.7.